The van der Waals surface area contributed by atoms with Crippen LogP contribution in [-0.4, -0.2) is 27.8 Å². The number of ether oxygens (including phenoxy) is 1. The highest BCUT2D eigenvalue weighted by Gasteiger charge is 2.34. The number of carbonyl (C=O) groups excluding carboxylic acids is 1. The van der Waals surface area contributed by atoms with Crippen molar-refractivity contribution in [2.24, 2.45) is 0 Å². The van der Waals surface area contributed by atoms with Crippen LogP contribution < -0.4 is 15.4 Å². The third-order valence-electron chi connectivity index (χ3n) is 6.08. The Morgan fingerprint density at radius 1 is 1.08 bits per heavy atom. The van der Waals surface area contributed by atoms with Gasteiger partial charge in [-0.1, -0.05) is 48.0 Å². The molecule has 5 rings (SSSR count). The van der Waals surface area contributed by atoms with Crippen molar-refractivity contribution in [1.82, 2.24) is 14.8 Å². The summed E-state index contributed by atoms with van der Waals surface area (Å²) in [6.45, 7) is 3.86. The molecule has 36 heavy (non-hydrogen) atoms. The first-order chi connectivity index (χ1) is 17.5. The zero-order valence-corrected chi connectivity index (χ0v) is 20.1. The number of rotatable bonds is 5. The SMILES string of the molecule is COc1ccccc1NC(=O)C1=C(C)Nc2nc(-c3cccc(C)c3)nn2C1c1ccc(C#N)cc1. The second-order valence-corrected chi connectivity index (χ2v) is 8.53. The molecular formula is C28H24N6O2. The van der Waals surface area contributed by atoms with Crippen molar-refractivity contribution in [3.63, 3.8) is 0 Å². The van der Waals surface area contributed by atoms with Gasteiger partial charge in [0.25, 0.3) is 5.91 Å². The highest BCUT2D eigenvalue weighted by Crippen LogP contribution is 2.37. The molecule has 0 saturated carbocycles. The van der Waals surface area contributed by atoms with E-state index in [1.54, 1.807) is 36.1 Å². The molecule has 1 amide bonds. The van der Waals surface area contributed by atoms with Crippen molar-refractivity contribution >= 4 is 17.5 Å². The van der Waals surface area contributed by atoms with Gasteiger partial charge in [0.15, 0.2) is 5.82 Å². The lowest BCUT2D eigenvalue weighted by atomic mass is 9.94. The summed E-state index contributed by atoms with van der Waals surface area (Å²) < 4.78 is 7.14. The summed E-state index contributed by atoms with van der Waals surface area (Å²) in [5.74, 6) is 1.36. The van der Waals surface area contributed by atoms with E-state index in [1.165, 1.54) is 0 Å². The van der Waals surface area contributed by atoms with Crippen LogP contribution in [0.3, 0.4) is 0 Å². The standard InChI is InChI=1S/C28H24N6O2/c1-17-7-6-8-21(15-17)26-32-28-30-18(2)24(27(35)31-22-9-4-5-10-23(22)36-3)25(34(28)33-26)20-13-11-19(16-29)12-14-20/h4-15,25H,1-3H3,(H,31,35)(H,30,32,33). The van der Waals surface area contributed by atoms with E-state index < -0.39 is 6.04 Å². The van der Waals surface area contributed by atoms with E-state index in [0.29, 0.717) is 40.0 Å². The largest absolute Gasteiger partial charge is 0.495 e. The molecule has 1 aliphatic rings. The maximum Gasteiger partial charge on any atom is 0.255 e. The maximum absolute atomic E-state index is 13.7. The van der Waals surface area contributed by atoms with Crippen molar-refractivity contribution in [2.75, 3.05) is 17.7 Å². The van der Waals surface area contributed by atoms with Crippen LogP contribution in [0.1, 0.15) is 29.7 Å². The summed E-state index contributed by atoms with van der Waals surface area (Å²) >= 11 is 0. The predicted molar refractivity (Wildman–Crippen MR) is 137 cm³/mol. The summed E-state index contributed by atoms with van der Waals surface area (Å²) in [6, 6.07) is 24.0. The second-order valence-electron chi connectivity index (χ2n) is 8.53. The number of anilines is 2. The summed E-state index contributed by atoms with van der Waals surface area (Å²) in [6.07, 6.45) is 0. The van der Waals surface area contributed by atoms with Crippen LogP contribution in [-0.2, 0) is 4.79 Å². The predicted octanol–water partition coefficient (Wildman–Crippen LogP) is 5.06. The molecule has 8 heteroatoms. The van der Waals surface area contributed by atoms with Gasteiger partial charge in [0, 0.05) is 11.3 Å². The fourth-order valence-electron chi connectivity index (χ4n) is 4.34. The van der Waals surface area contributed by atoms with Gasteiger partial charge in [-0.3, -0.25) is 4.79 Å². The highest BCUT2D eigenvalue weighted by atomic mass is 16.5. The molecule has 4 aromatic rings. The van der Waals surface area contributed by atoms with Crippen LogP contribution in [0, 0.1) is 18.3 Å². The normalized spacial score (nSPS) is 14.4. The number of para-hydroxylation sites is 2. The van der Waals surface area contributed by atoms with Gasteiger partial charge in [-0.05, 0) is 49.7 Å². The van der Waals surface area contributed by atoms with Gasteiger partial charge in [0.2, 0.25) is 5.95 Å². The lowest BCUT2D eigenvalue weighted by Gasteiger charge is -2.28. The molecule has 1 aromatic heterocycles. The minimum atomic E-state index is -0.560. The number of amides is 1. The van der Waals surface area contributed by atoms with Gasteiger partial charge in [-0.25, -0.2) is 4.68 Å². The number of allylic oxidation sites excluding steroid dienone is 1. The molecule has 0 radical (unpaired) electrons. The Labute approximate surface area is 208 Å². The smallest absolute Gasteiger partial charge is 0.255 e. The van der Waals surface area contributed by atoms with E-state index in [1.807, 2.05) is 62.4 Å². The molecule has 0 spiro atoms. The average molecular weight is 477 g/mol. The number of carbonyl (C=O) groups is 1. The first-order valence-electron chi connectivity index (χ1n) is 11.4. The highest BCUT2D eigenvalue weighted by molar-refractivity contribution is 6.06. The van der Waals surface area contributed by atoms with Crippen molar-refractivity contribution < 1.29 is 9.53 Å². The fourth-order valence-corrected chi connectivity index (χ4v) is 4.34. The molecule has 8 nitrogen and oxygen atoms in total. The molecule has 1 aliphatic heterocycles. The molecule has 0 fully saturated rings. The van der Waals surface area contributed by atoms with E-state index in [-0.39, 0.29) is 5.91 Å². The van der Waals surface area contributed by atoms with Gasteiger partial charge in [-0.15, -0.1) is 5.10 Å². The van der Waals surface area contributed by atoms with Crippen LogP contribution in [0.2, 0.25) is 0 Å². The Kier molecular flexibility index (Phi) is 5.97. The molecule has 0 aliphatic carbocycles. The van der Waals surface area contributed by atoms with Gasteiger partial charge < -0.3 is 15.4 Å². The number of nitriles is 1. The first-order valence-corrected chi connectivity index (χ1v) is 11.4. The summed E-state index contributed by atoms with van der Waals surface area (Å²) in [5.41, 5.74) is 5.03. The second kappa shape index (κ2) is 9.39. The van der Waals surface area contributed by atoms with E-state index in [2.05, 4.69) is 16.7 Å². The molecule has 178 valence electrons. The van der Waals surface area contributed by atoms with Gasteiger partial charge in [-0.2, -0.15) is 10.2 Å². The summed E-state index contributed by atoms with van der Waals surface area (Å²) in [7, 11) is 1.56. The number of methoxy groups -OCH3 is 1. The van der Waals surface area contributed by atoms with Crippen molar-refractivity contribution in [1.29, 1.82) is 5.26 Å². The Morgan fingerprint density at radius 2 is 1.86 bits per heavy atom. The number of hydrogen-bond acceptors (Lipinski definition) is 6. The molecule has 1 atom stereocenters. The summed E-state index contributed by atoms with van der Waals surface area (Å²) in [5, 5.41) is 20.3. The molecule has 3 aromatic carbocycles. The Morgan fingerprint density at radius 3 is 2.58 bits per heavy atom. The lowest BCUT2D eigenvalue weighted by molar-refractivity contribution is -0.113. The molecule has 2 N–H and O–H groups in total. The zero-order valence-electron chi connectivity index (χ0n) is 20.1. The molecule has 0 saturated heterocycles. The summed E-state index contributed by atoms with van der Waals surface area (Å²) in [4.78, 5) is 18.4. The van der Waals surface area contributed by atoms with Crippen LogP contribution >= 0.6 is 0 Å². The number of nitrogens with one attached hydrogen (secondary N) is 2. The van der Waals surface area contributed by atoms with Crippen LogP contribution in [0.4, 0.5) is 11.6 Å². The van der Waals surface area contributed by atoms with E-state index in [9.17, 15) is 10.1 Å². The minimum Gasteiger partial charge on any atom is -0.495 e. The molecular weight excluding hydrogens is 452 g/mol. The third kappa shape index (κ3) is 4.18. The molecule has 2 heterocycles. The first kappa shape index (κ1) is 22.9. The number of hydrogen-bond donors (Lipinski definition) is 2. The maximum atomic E-state index is 13.7. The number of fused-ring (bicyclic) bond motifs is 1. The number of aromatic nitrogens is 3. The molecule has 0 bridgehead atoms. The molecule has 1 unspecified atom stereocenters. The average Bonchev–Trinajstić information content (AvgIpc) is 3.32. The van der Waals surface area contributed by atoms with Gasteiger partial charge in [0.1, 0.15) is 11.8 Å². The van der Waals surface area contributed by atoms with Gasteiger partial charge in [0.05, 0.1) is 30.0 Å². The van der Waals surface area contributed by atoms with Crippen molar-refractivity contribution in [2.45, 2.75) is 19.9 Å². The zero-order chi connectivity index (χ0) is 25.2. The number of nitrogens with zero attached hydrogens (tertiary/aromatic N) is 4. The van der Waals surface area contributed by atoms with E-state index >= 15 is 0 Å². The Balaban J connectivity index is 1.61. The van der Waals surface area contributed by atoms with Crippen LogP contribution in [0.5, 0.6) is 5.75 Å². The van der Waals surface area contributed by atoms with E-state index in [4.69, 9.17) is 14.8 Å². The number of benzene rings is 3. The third-order valence-corrected chi connectivity index (χ3v) is 6.08. The van der Waals surface area contributed by atoms with Crippen molar-refractivity contribution in [3.8, 4) is 23.2 Å². The number of aryl methyl sites for hydroxylation is 1. The van der Waals surface area contributed by atoms with Crippen LogP contribution in [0.25, 0.3) is 11.4 Å². The lowest BCUT2D eigenvalue weighted by Crippen LogP contribution is -2.31. The van der Waals surface area contributed by atoms with Crippen LogP contribution in [0.15, 0.2) is 84.1 Å². The fraction of sp³-hybridized carbons (Fsp3) is 0.143. The van der Waals surface area contributed by atoms with Gasteiger partial charge >= 0.3 is 0 Å². The quantitative estimate of drug-likeness (QED) is 0.417. The monoisotopic (exact) mass is 476 g/mol. The minimum absolute atomic E-state index is 0.294. The Hall–Kier alpha value is -4.90. The topological polar surface area (TPSA) is 105 Å². The van der Waals surface area contributed by atoms with Crippen molar-refractivity contribution in [3.05, 3.63) is 101 Å². The van der Waals surface area contributed by atoms with E-state index in [0.717, 1.165) is 16.7 Å². The Bertz CT molecular complexity index is 1530.